The molecule has 9 heteroatoms. The molecule has 0 fully saturated rings. The van der Waals surface area contributed by atoms with E-state index in [0.29, 0.717) is 5.39 Å². The largest absolute Gasteiger partial charge is 0.422 e. The van der Waals surface area contributed by atoms with Gasteiger partial charge in [0, 0.05) is 16.4 Å². The molecular formula is C9H4FN3O4S. The zero-order valence-corrected chi connectivity index (χ0v) is 9.39. The first-order valence-corrected chi connectivity index (χ1v) is 5.88. The molecule has 0 aliphatic rings. The van der Waals surface area contributed by atoms with Crippen LogP contribution in [-0.2, 0) is 10.2 Å². The van der Waals surface area contributed by atoms with Crippen LogP contribution >= 0.6 is 0 Å². The molecule has 0 aliphatic carbocycles. The molecule has 2 aromatic rings. The summed E-state index contributed by atoms with van der Waals surface area (Å²) in [6, 6.07) is 4.35. The summed E-state index contributed by atoms with van der Waals surface area (Å²) < 4.78 is 38.8. The van der Waals surface area contributed by atoms with Crippen molar-refractivity contribution >= 4 is 26.9 Å². The highest BCUT2D eigenvalue weighted by Crippen LogP contribution is 2.22. The zero-order valence-electron chi connectivity index (χ0n) is 8.57. The minimum atomic E-state index is -4.87. The van der Waals surface area contributed by atoms with Crippen LogP contribution in [0.4, 0.5) is 9.57 Å². The van der Waals surface area contributed by atoms with E-state index in [2.05, 4.69) is 10.0 Å². The molecule has 1 heterocycles. The maximum Gasteiger partial charge on any atom is 0.345 e. The molecule has 1 aromatic heterocycles. The van der Waals surface area contributed by atoms with E-state index in [1.165, 1.54) is 12.1 Å². The van der Waals surface area contributed by atoms with E-state index in [4.69, 9.17) is 9.95 Å². The Bertz CT molecular complexity index is 837. The molecule has 7 nitrogen and oxygen atoms in total. The lowest BCUT2D eigenvalue weighted by molar-refractivity contribution is 0.548. The highest BCUT2D eigenvalue weighted by molar-refractivity contribution is 7.86. The van der Waals surface area contributed by atoms with Crippen molar-refractivity contribution in [2.75, 3.05) is 0 Å². The van der Waals surface area contributed by atoms with Crippen LogP contribution in [0.2, 0.25) is 0 Å². The van der Waals surface area contributed by atoms with E-state index in [9.17, 15) is 17.1 Å². The topological polar surface area (TPSA) is 113 Å². The maximum absolute atomic E-state index is 12.7. The van der Waals surface area contributed by atoms with Crippen LogP contribution in [0.5, 0.6) is 0 Å². The number of azide groups is 1. The lowest BCUT2D eigenvalue weighted by Crippen LogP contribution is -1.98. The van der Waals surface area contributed by atoms with Gasteiger partial charge in [-0.05, 0) is 23.7 Å². The van der Waals surface area contributed by atoms with Crippen LogP contribution in [0.15, 0.2) is 43.5 Å². The van der Waals surface area contributed by atoms with E-state index >= 15 is 0 Å². The number of halogens is 1. The van der Waals surface area contributed by atoms with Gasteiger partial charge in [0.1, 0.15) is 16.2 Å². The minimum Gasteiger partial charge on any atom is -0.422 e. The third kappa shape index (κ3) is 2.17. The lowest BCUT2D eigenvalue weighted by atomic mass is 10.2. The summed E-state index contributed by atoms with van der Waals surface area (Å²) in [6.07, 6.45) is 0. The van der Waals surface area contributed by atoms with Gasteiger partial charge in [0.05, 0.1) is 0 Å². The number of benzene rings is 1. The summed E-state index contributed by atoms with van der Waals surface area (Å²) in [7, 11) is -4.87. The van der Waals surface area contributed by atoms with Crippen molar-refractivity contribution in [2.45, 2.75) is 4.90 Å². The van der Waals surface area contributed by atoms with Gasteiger partial charge >= 0.3 is 15.8 Å². The average molecular weight is 269 g/mol. The van der Waals surface area contributed by atoms with Crippen molar-refractivity contribution in [1.82, 2.24) is 0 Å². The first-order valence-electron chi connectivity index (χ1n) is 4.49. The summed E-state index contributed by atoms with van der Waals surface area (Å²) in [5.74, 6) is 0. The van der Waals surface area contributed by atoms with Gasteiger partial charge < -0.3 is 4.42 Å². The Labute approximate surface area is 99.3 Å². The fourth-order valence-electron chi connectivity index (χ4n) is 1.35. The molecule has 0 bridgehead atoms. The predicted octanol–water partition coefficient (Wildman–Crippen LogP) is 2.39. The van der Waals surface area contributed by atoms with Gasteiger partial charge in [-0.1, -0.05) is 5.11 Å². The maximum atomic E-state index is 12.7. The van der Waals surface area contributed by atoms with Crippen molar-refractivity contribution in [3.05, 3.63) is 45.1 Å². The number of hydrogen-bond donors (Lipinski definition) is 0. The number of rotatable bonds is 2. The normalized spacial score (nSPS) is 11.2. The highest BCUT2D eigenvalue weighted by atomic mass is 32.3. The molecule has 92 valence electrons. The second-order valence-electron chi connectivity index (χ2n) is 3.25. The molecule has 0 radical (unpaired) electrons. The molecule has 0 saturated heterocycles. The summed E-state index contributed by atoms with van der Waals surface area (Å²) in [4.78, 5) is 13.1. The Kier molecular flexibility index (Phi) is 2.77. The van der Waals surface area contributed by atoms with Crippen LogP contribution in [0.1, 0.15) is 0 Å². The summed E-state index contributed by atoms with van der Waals surface area (Å²) in [5, 5.41) is 3.42. The van der Waals surface area contributed by atoms with Gasteiger partial charge in [0.15, 0.2) is 0 Å². The Balaban J connectivity index is 2.78. The molecule has 0 N–H and O–H groups in total. The second-order valence-corrected chi connectivity index (χ2v) is 4.59. The molecule has 2 rings (SSSR count). The molecular weight excluding hydrogens is 265 g/mol. The molecule has 0 atom stereocenters. The lowest BCUT2D eigenvalue weighted by Gasteiger charge is -1.99. The molecule has 0 amide bonds. The third-order valence-corrected chi connectivity index (χ3v) is 2.94. The third-order valence-electron chi connectivity index (χ3n) is 2.12. The quantitative estimate of drug-likeness (QED) is 0.274. The Morgan fingerprint density at radius 2 is 2.06 bits per heavy atom. The smallest absolute Gasteiger partial charge is 0.345 e. The predicted molar refractivity (Wildman–Crippen MR) is 59.6 cm³/mol. The number of hydrogen-bond acceptors (Lipinski definition) is 5. The summed E-state index contributed by atoms with van der Waals surface area (Å²) in [5.41, 5.74) is 6.90. The van der Waals surface area contributed by atoms with E-state index in [1.54, 1.807) is 0 Å². The minimum absolute atomic E-state index is 0.115. The number of nitrogens with zero attached hydrogens (tertiary/aromatic N) is 3. The van der Waals surface area contributed by atoms with E-state index in [1.807, 2.05) is 0 Å². The van der Waals surface area contributed by atoms with Gasteiger partial charge in [-0.2, -0.15) is 8.42 Å². The van der Waals surface area contributed by atoms with Crippen molar-refractivity contribution < 1.29 is 16.7 Å². The van der Waals surface area contributed by atoms with Crippen molar-refractivity contribution in [1.29, 1.82) is 0 Å². The van der Waals surface area contributed by atoms with E-state index in [0.717, 1.165) is 12.1 Å². The first-order chi connectivity index (χ1) is 8.41. The zero-order chi connectivity index (χ0) is 13.3. The summed E-state index contributed by atoms with van der Waals surface area (Å²) in [6.45, 7) is 0. The van der Waals surface area contributed by atoms with Gasteiger partial charge in [-0.25, -0.2) is 4.79 Å². The van der Waals surface area contributed by atoms with Gasteiger partial charge in [-0.15, -0.1) is 3.89 Å². The molecule has 0 spiro atoms. The second kappa shape index (κ2) is 4.13. The Morgan fingerprint density at radius 3 is 2.67 bits per heavy atom. The van der Waals surface area contributed by atoms with Crippen LogP contribution in [-0.4, -0.2) is 8.42 Å². The molecule has 1 aromatic carbocycles. The summed E-state index contributed by atoms with van der Waals surface area (Å²) >= 11 is 0. The fraction of sp³-hybridized carbons (Fsp3) is 0. The van der Waals surface area contributed by atoms with Gasteiger partial charge in [0.2, 0.25) is 0 Å². The monoisotopic (exact) mass is 269 g/mol. The SMILES string of the molecule is [N-]=[N+]=Nc1cc2ccc(S(=O)(=O)F)cc2oc1=O. The van der Waals surface area contributed by atoms with E-state index in [-0.39, 0.29) is 11.3 Å². The van der Waals surface area contributed by atoms with Crippen molar-refractivity contribution in [3.63, 3.8) is 0 Å². The molecule has 18 heavy (non-hydrogen) atoms. The Hall–Kier alpha value is -2.38. The standard InChI is InChI=1S/C9H4FN3O4S/c10-18(15,16)6-2-1-5-3-7(12-13-11)9(14)17-8(5)4-6/h1-4H. The van der Waals surface area contributed by atoms with Crippen LogP contribution in [0.3, 0.4) is 0 Å². The fourth-order valence-corrected chi connectivity index (χ4v) is 1.83. The molecule has 0 aliphatic heterocycles. The Morgan fingerprint density at radius 1 is 1.33 bits per heavy atom. The van der Waals surface area contributed by atoms with E-state index < -0.39 is 20.7 Å². The van der Waals surface area contributed by atoms with Crippen LogP contribution in [0.25, 0.3) is 21.4 Å². The van der Waals surface area contributed by atoms with Crippen molar-refractivity contribution in [3.8, 4) is 0 Å². The molecule has 0 saturated carbocycles. The number of fused-ring (bicyclic) bond motifs is 1. The van der Waals surface area contributed by atoms with Gasteiger partial charge in [-0.3, -0.25) is 0 Å². The van der Waals surface area contributed by atoms with Crippen LogP contribution < -0.4 is 5.63 Å². The first kappa shape index (κ1) is 12.1. The molecule has 0 unspecified atom stereocenters. The van der Waals surface area contributed by atoms with Gasteiger partial charge in [0.25, 0.3) is 0 Å². The van der Waals surface area contributed by atoms with Crippen molar-refractivity contribution in [2.24, 2.45) is 5.11 Å². The van der Waals surface area contributed by atoms with Crippen LogP contribution in [0, 0.1) is 0 Å². The average Bonchev–Trinajstić information content (AvgIpc) is 2.28. The highest BCUT2D eigenvalue weighted by Gasteiger charge is 2.13.